The Balaban J connectivity index is 0.000000263. The molecule has 0 spiro atoms. The van der Waals surface area contributed by atoms with E-state index < -0.39 is 0 Å². The Morgan fingerprint density at radius 2 is 0.605 bits per heavy atom. The Morgan fingerprint density at radius 3 is 1.04 bits per heavy atom. The largest absolute Gasteiger partial charge is 0.356 e. The SMILES string of the molecule is CCc1ccc(N(c2ccc(CC)c(CC)c2)c2ccc3c(-c4ccc5ccccc5c4)c4ccccc4c(-c4ccc5ccccc5c4)c3c2)cc1CC.CCc1ccc(Nc2ccc(CC)c(CC)c2)cc1CC. The molecule has 11 aromatic carbocycles. The lowest BCUT2D eigenvalue weighted by Crippen LogP contribution is -2.12. The Bertz CT molecular complexity index is 3750. The van der Waals surface area contributed by atoms with Crippen molar-refractivity contribution in [1.29, 1.82) is 0 Å². The third-order valence-corrected chi connectivity index (χ3v) is 16.0. The summed E-state index contributed by atoms with van der Waals surface area (Å²) >= 11 is 0. The molecule has 0 amide bonds. The lowest BCUT2D eigenvalue weighted by Gasteiger charge is -2.28. The van der Waals surface area contributed by atoms with Crippen LogP contribution in [0.5, 0.6) is 0 Å². The molecule has 0 heterocycles. The highest BCUT2D eigenvalue weighted by molar-refractivity contribution is 6.22. The monoisotopic (exact) mass is 991 g/mol. The summed E-state index contributed by atoms with van der Waals surface area (Å²) < 4.78 is 0. The number of hydrogen-bond acceptors (Lipinski definition) is 2. The first-order chi connectivity index (χ1) is 37.3. The van der Waals surface area contributed by atoms with E-state index in [1.54, 1.807) is 0 Å². The molecule has 2 nitrogen and oxygen atoms in total. The summed E-state index contributed by atoms with van der Waals surface area (Å²) in [6, 6.07) is 75.2. The second-order valence-electron chi connectivity index (χ2n) is 20.3. The molecule has 0 radical (unpaired) electrons. The zero-order chi connectivity index (χ0) is 52.7. The molecule has 0 aliphatic rings. The molecule has 2 heteroatoms. The van der Waals surface area contributed by atoms with E-state index in [-0.39, 0.29) is 0 Å². The number of aryl methyl sites for hydroxylation is 8. The standard InChI is InChI=1S/C54H47N.C20H27N/c1-5-36-25-27-46(33-38(36)7-3)55(47-28-26-37(6-2)39(8-4)34-47)48-29-30-51-52(35-48)54(45-24-22-41-16-10-12-18-43(41)32-45)50-20-14-13-19-49(50)53(51)44-23-21-40-15-9-11-17-42(40)31-44;1-5-15-9-11-19(13-17(15)7-3)21-20-12-10-16(6-2)18(8-4)14-20/h9-35H,5-8H2,1-4H3;9-14,21H,5-8H2,1-4H3. The maximum Gasteiger partial charge on any atom is 0.0468 e. The predicted molar refractivity (Wildman–Crippen MR) is 333 cm³/mol. The fourth-order valence-electron chi connectivity index (χ4n) is 11.8. The number of anilines is 5. The molecule has 76 heavy (non-hydrogen) atoms. The van der Waals surface area contributed by atoms with Gasteiger partial charge in [-0.1, -0.05) is 183 Å². The number of fused-ring (bicyclic) bond motifs is 4. The van der Waals surface area contributed by atoms with Gasteiger partial charge in [0.15, 0.2) is 0 Å². The highest BCUT2D eigenvalue weighted by Crippen LogP contribution is 2.47. The van der Waals surface area contributed by atoms with Crippen molar-refractivity contribution in [1.82, 2.24) is 0 Å². The molecule has 11 rings (SSSR count). The summed E-state index contributed by atoms with van der Waals surface area (Å²) in [5.74, 6) is 0. The van der Waals surface area contributed by atoms with E-state index >= 15 is 0 Å². The molecule has 380 valence electrons. The lowest BCUT2D eigenvalue weighted by molar-refractivity contribution is 1.03. The summed E-state index contributed by atoms with van der Waals surface area (Å²) in [4.78, 5) is 2.49. The summed E-state index contributed by atoms with van der Waals surface area (Å²) in [6.07, 6.45) is 8.47. The summed E-state index contributed by atoms with van der Waals surface area (Å²) in [7, 11) is 0. The van der Waals surface area contributed by atoms with Gasteiger partial charge in [-0.05, 0) is 234 Å². The molecule has 0 saturated carbocycles. The fourth-order valence-corrected chi connectivity index (χ4v) is 11.8. The van der Waals surface area contributed by atoms with Crippen LogP contribution in [0.2, 0.25) is 0 Å². The van der Waals surface area contributed by atoms with Gasteiger partial charge in [-0.2, -0.15) is 0 Å². The van der Waals surface area contributed by atoms with Crippen LogP contribution in [0, 0.1) is 0 Å². The zero-order valence-electron chi connectivity index (χ0n) is 46.2. The van der Waals surface area contributed by atoms with Gasteiger partial charge < -0.3 is 10.2 Å². The van der Waals surface area contributed by atoms with Crippen molar-refractivity contribution in [2.24, 2.45) is 0 Å². The van der Waals surface area contributed by atoms with Gasteiger partial charge in [0.1, 0.15) is 0 Å². The van der Waals surface area contributed by atoms with Crippen molar-refractivity contribution < 1.29 is 0 Å². The van der Waals surface area contributed by atoms with Crippen molar-refractivity contribution in [2.45, 2.75) is 107 Å². The molecule has 0 aromatic heterocycles. The molecule has 0 unspecified atom stereocenters. The molecule has 0 saturated heterocycles. The Morgan fingerprint density at radius 1 is 0.263 bits per heavy atom. The molecule has 0 bridgehead atoms. The van der Waals surface area contributed by atoms with Crippen molar-refractivity contribution in [3.63, 3.8) is 0 Å². The van der Waals surface area contributed by atoms with Crippen molar-refractivity contribution in [3.8, 4) is 22.3 Å². The Labute approximate surface area is 453 Å². The number of nitrogens with one attached hydrogen (secondary N) is 1. The minimum atomic E-state index is 1.00. The molecule has 0 aliphatic carbocycles. The molecule has 0 fully saturated rings. The zero-order valence-corrected chi connectivity index (χ0v) is 46.2. The fraction of sp³-hybridized carbons (Fsp3) is 0.216. The van der Waals surface area contributed by atoms with E-state index in [4.69, 9.17) is 0 Å². The Hall–Kier alpha value is -7.94. The van der Waals surface area contributed by atoms with Crippen molar-refractivity contribution >= 4 is 71.5 Å². The van der Waals surface area contributed by atoms with E-state index in [0.717, 1.165) is 57.1 Å². The number of hydrogen-bond donors (Lipinski definition) is 1. The minimum Gasteiger partial charge on any atom is -0.356 e. The minimum absolute atomic E-state index is 1.00. The van der Waals surface area contributed by atoms with Crippen LogP contribution in [0.25, 0.3) is 65.3 Å². The van der Waals surface area contributed by atoms with Crippen LogP contribution < -0.4 is 10.2 Å². The molecule has 0 atom stereocenters. The van der Waals surface area contributed by atoms with Gasteiger partial charge in [0, 0.05) is 28.4 Å². The van der Waals surface area contributed by atoms with Crippen molar-refractivity contribution in [3.05, 3.63) is 245 Å². The summed E-state index contributed by atoms with van der Waals surface area (Å²) in [6.45, 7) is 18.0. The lowest BCUT2D eigenvalue weighted by atomic mass is 9.85. The topological polar surface area (TPSA) is 15.3 Å². The van der Waals surface area contributed by atoms with Crippen LogP contribution in [0.1, 0.15) is 99.9 Å². The van der Waals surface area contributed by atoms with Gasteiger partial charge in [-0.15, -0.1) is 0 Å². The average Bonchev–Trinajstić information content (AvgIpc) is 3.50. The van der Waals surface area contributed by atoms with Gasteiger partial charge in [0.2, 0.25) is 0 Å². The van der Waals surface area contributed by atoms with Gasteiger partial charge in [-0.25, -0.2) is 0 Å². The third kappa shape index (κ3) is 10.4. The van der Waals surface area contributed by atoms with E-state index in [1.165, 1.54) is 133 Å². The highest BCUT2D eigenvalue weighted by atomic mass is 15.1. The van der Waals surface area contributed by atoms with Crippen molar-refractivity contribution in [2.75, 3.05) is 10.2 Å². The second-order valence-corrected chi connectivity index (χ2v) is 20.3. The number of nitrogens with zero attached hydrogens (tertiary/aromatic N) is 1. The maximum absolute atomic E-state index is 3.56. The van der Waals surface area contributed by atoms with Crippen LogP contribution in [-0.2, 0) is 51.4 Å². The van der Waals surface area contributed by atoms with Crippen LogP contribution in [0.4, 0.5) is 28.4 Å². The van der Waals surface area contributed by atoms with Gasteiger partial charge in [0.05, 0.1) is 0 Å². The average molecular weight is 991 g/mol. The first kappa shape index (κ1) is 51.5. The first-order valence-corrected chi connectivity index (χ1v) is 28.3. The van der Waals surface area contributed by atoms with Crippen LogP contribution in [0.3, 0.4) is 0 Å². The van der Waals surface area contributed by atoms with Gasteiger partial charge in [0.25, 0.3) is 0 Å². The van der Waals surface area contributed by atoms with E-state index in [0.29, 0.717) is 0 Å². The molecule has 1 N–H and O–H groups in total. The Kier molecular flexibility index (Phi) is 15.8. The first-order valence-electron chi connectivity index (χ1n) is 28.3. The number of benzene rings is 11. The third-order valence-electron chi connectivity index (χ3n) is 16.0. The van der Waals surface area contributed by atoms with E-state index in [2.05, 4.69) is 266 Å². The van der Waals surface area contributed by atoms with Crippen LogP contribution in [-0.4, -0.2) is 0 Å². The molecule has 0 aliphatic heterocycles. The number of rotatable bonds is 15. The predicted octanol–water partition coefficient (Wildman–Crippen LogP) is 21.0. The van der Waals surface area contributed by atoms with E-state index in [1.807, 2.05) is 0 Å². The second kappa shape index (κ2) is 23.3. The normalized spacial score (nSPS) is 11.3. The molecule has 11 aromatic rings. The quantitative estimate of drug-likeness (QED) is 0.103. The highest BCUT2D eigenvalue weighted by Gasteiger charge is 2.22. The maximum atomic E-state index is 3.56. The summed E-state index contributed by atoms with van der Waals surface area (Å²) in [5.41, 5.74) is 22.4. The van der Waals surface area contributed by atoms with E-state index in [9.17, 15) is 0 Å². The van der Waals surface area contributed by atoms with Gasteiger partial charge in [-0.3, -0.25) is 0 Å². The van der Waals surface area contributed by atoms with Crippen LogP contribution >= 0.6 is 0 Å². The van der Waals surface area contributed by atoms with Gasteiger partial charge >= 0.3 is 0 Å². The summed E-state index contributed by atoms with van der Waals surface area (Å²) in [5, 5.41) is 13.6. The molecular formula is C74H74N2. The molecular weight excluding hydrogens is 917 g/mol. The smallest absolute Gasteiger partial charge is 0.0468 e. The van der Waals surface area contributed by atoms with Crippen LogP contribution in [0.15, 0.2) is 200 Å².